The van der Waals surface area contributed by atoms with Gasteiger partial charge >= 0.3 is 6.18 Å². The van der Waals surface area contributed by atoms with Gasteiger partial charge in [-0.2, -0.15) is 18.4 Å². The van der Waals surface area contributed by atoms with Gasteiger partial charge in [-0.25, -0.2) is 0 Å². The molecule has 0 aliphatic rings. The first kappa shape index (κ1) is 14.8. The number of hydrogen-bond donors (Lipinski definition) is 0. The molecule has 18 heavy (non-hydrogen) atoms. The fraction of sp³-hybridized carbons (Fsp3) is 0.417. The fourth-order valence-corrected chi connectivity index (χ4v) is 1.95. The highest BCUT2D eigenvalue weighted by molar-refractivity contribution is 9.10. The topological polar surface area (TPSA) is 27.0 Å². The summed E-state index contributed by atoms with van der Waals surface area (Å²) in [6.45, 7) is 2.25. The van der Waals surface area contributed by atoms with Gasteiger partial charge in [0.15, 0.2) is 0 Å². The van der Waals surface area contributed by atoms with E-state index in [2.05, 4.69) is 15.9 Å². The summed E-state index contributed by atoms with van der Waals surface area (Å²) >= 11 is 3.19. The van der Waals surface area contributed by atoms with E-state index in [-0.39, 0.29) is 11.6 Å². The smallest absolute Gasteiger partial charge is 0.359 e. The number of alkyl halides is 3. The van der Waals surface area contributed by atoms with Gasteiger partial charge in [0.2, 0.25) is 0 Å². The van der Waals surface area contributed by atoms with Crippen LogP contribution in [0, 0.1) is 11.3 Å². The summed E-state index contributed by atoms with van der Waals surface area (Å²) in [4.78, 5) is 1.17. The van der Waals surface area contributed by atoms with Crippen LogP contribution in [0.1, 0.15) is 19.4 Å². The normalized spacial score (nSPS) is 11.4. The molecule has 2 nitrogen and oxygen atoms in total. The van der Waals surface area contributed by atoms with Crippen LogP contribution in [-0.2, 0) is 0 Å². The number of benzene rings is 1. The number of nitrogens with zero attached hydrogens (tertiary/aromatic N) is 2. The summed E-state index contributed by atoms with van der Waals surface area (Å²) in [5.74, 6) is 0. The maximum absolute atomic E-state index is 12.5. The van der Waals surface area contributed by atoms with Gasteiger partial charge in [0.05, 0.1) is 11.3 Å². The monoisotopic (exact) mass is 320 g/mol. The summed E-state index contributed by atoms with van der Waals surface area (Å²) in [5, 5.41) is 8.99. The maximum Gasteiger partial charge on any atom is 0.405 e. The molecule has 1 rings (SSSR count). The second kappa shape index (κ2) is 5.61. The Morgan fingerprint density at radius 2 is 2.00 bits per heavy atom. The number of halogens is 4. The molecular weight excluding hydrogens is 309 g/mol. The van der Waals surface area contributed by atoms with Gasteiger partial charge in [-0.15, -0.1) is 0 Å². The van der Waals surface area contributed by atoms with Gasteiger partial charge in [-0.3, -0.25) is 0 Å². The Labute approximate surface area is 112 Å². The van der Waals surface area contributed by atoms with E-state index in [1.807, 2.05) is 6.07 Å². The van der Waals surface area contributed by atoms with Crippen LogP contribution in [0.15, 0.2) is 22.7 Å². The van der Waals surface area contributed by atoms with E-state index in [4.69, 9.17) is 5.26 Å². The molecule has 0 N–H and O–H groups in total. The van der Waals surface area contributed by atoms with Crippen molar-refractivity contribution in [3.05, 3.63) is 28.2 Å². The van der Waals surface area contributed by atoms with Crippen molar-refractivity contribution in [3.8, 4) is 6.07 Å². The highest BCUT2D eigenvalue weighted by atomic mass is 79.9. The van der Waals surface area contributed by atoms with Gasteiger partial charge < -0.3 is 4.90 Å². The first-order valence-electron chi connectivity index (χ1n) is 5.27. The van der Waals surface area contributed by atoms with Crippen molar-refractivity contribution in [2.75, 3.05) is 11.4 Å². The summed E-state index contributed by atoms with van der Waals surface area (Å²) < 4.78 is 38.3. The van der Waals surface area contributed by atoms with E-state index >= 15 is 0 Å². The van der Waals surface area contributed by atoms with Crippen LogP contribution in [-0.4, -0.2) is 18.8 Å². The molecule has 0 atom stereocenters. The minimum atomic E-state index is -4.30. The van der Waals surface area contributed by atoms with Crippen LogP contribution in [0.5, 0.6) is 0 Å². The van der Waals surface area contributed by atoms with E-state index in [1.165, 1.54) is 17.0 Å². The average molecular weight is 321 g/mol. The van der Waals surface area contributed by atoms with Gasteiger partial charge in [-0.1, -0.05) is 15.9 Å². The molecule has 98 valence electrons. The van der Waals surface area contributed by atoms with Crippen molar-refractivity contribution < 1.29 is 13.2 Å². The molecule has 0 aromatic heterocycles. The number of rotatable bonds is 3. The summed E-state index contributed by atoms with van der Waals surface area (Å²) in [5.41, 5.74) is 0.523. The van der Waals surface area contributed by atoms with E-state index in [0.29, 0.717) is 10.2 Å². The third kappa shape index (κ3) is 3.91. The molecular formula is C12H12BrF3N2. The molecule has 0 saturated heterocycles. The van der Waals surface area contributed by atoms with Gasteiger partial charge in [0.1, 0.15) is 12.6 Å². The van der Waals surface area contributed by atoms with Gasteiger partial charge in [-0.05, 0) is 32.0 Å². The molecule has 0 heterocycles. The molecule has 0 radical (unpaired) electrons. The minimum absolute atomic E-state index is 0.224. The van der Waals surface area contributed by atoms with Crippen LogP contribution in [0.25, 0.3) is 0 Å². The maximum atomic E-state index is 12.5. The Bertz CT molecular complexity index is 463. The lowest BCUT2D eigenvalue weighted by atomic mass is 10.1. The zero-order chi connectivity index (χ0) is 13.9. The SMILES string of the molecule is CC(C)N(CC(F)(F)F)c1ccc(Br)cc1C#N. The number of anilines is 1. The standard InChI is InChI=1S/C12H12BrF3N2/c1-8(2)18(7-12(14,15)16)11-4-3-10(13)5-9(11)6-17/h3-5,8H,7H2,1-2H3. The third-order valence-corrected chi connectivity index (χ3v) is 2.85. The van der Waals surface area contributed by atoms with Crippen LogP contribution in [0.4, 0.5) is 18.9 Å². The first-order valence-corrected chi connectivity index (χ1v) is 6.07. The van der Waals surface area contributed by atoms with Crippen molar-refractivity contribution in [1.82, 2.24) is 0 Å². The molecule has 0 fully saturated rings. The van der Waals surface area contributed by atoms with Crippen LogP contribution in [0.2, 0.25) is 0 Å². The second-order valence-corrected chi connectivity index (χ2v) is 5.03. The predicted octanol–water partition coefficient (Wildman–Crippen LogP) is 4.10. The van der Waals surface area contributed by atoms with E-state index in [0.717, 1.165) is 0 Å². The molecule has 0 aliphatic carbocycles. The highest BCUT2D eigenvalue weighted by Gasteiger charge is 2.32. The van der Waals surface area contributed by atoms with Gasteiger partial charge in [0.25, 0.3) is 0 Å². The highest BCUT2D eigenvalue weighted by Crippen LogP contribution is 2.28. The van der Waals surface area contributed by atoms with Crippen molar-refractivity contribution >= 4 is 21.6 Å². The quantitative estimate of drug-likeness (QED) is 0.838. The lowest BCUT2D eigenvalue weighted by molar-refractivity contribution is -0.120. The van der Waals surface area contributed by atoms with E-state index in [9.17, 15) is 13.2 Å². The van der Waals surface area contributed by atoms with Crippen molar-refractivity contribution in [2.24, 2.45) is 0 Å². The zero-order valence-electron chi connectivity index (χ0n) is 9.92. The molecule has 0 unspecified atom stereocenters. The van der Waals surface area contributed by atoms with Crippen molar-refractivity contribution in [3.63, 3.8) is 0 Å². The molecule has 0 spiro atoms. The Kier molecular flexibility index (Phi) is 4.63. The largest absolute Gasteiger partial charge is 0.405 e. The fourth-order valence-electron chi connectivity index (χ4n) is 1.59. The third-order valence-electron chi connectivity index (χ3n) is 2.36. The molecule has 1 aromatic carbocycles. The van der Waals surface area contributed by atoms with Crippen molar-refractivity contribution in [1.29, 1.82) is 5.26 Å². The molecule has 1 aromatic rings. The second-order valence-electron chi connectivity index (χ2n) is 4.11. The number of nitriles is 1. The summed E-state index contributed by atoms with van der Waals surface area (Å²) in [6, 6.07) is 6.24. The molecule has 0 saturated carbocycles. The lowest BCUT2D eigenvalue weighted by Gasteiger charge is -2.30. The summed E-state index contributed by atoms with van der Waals surface area (Å²) in [6.07, 6.45) is -4.30. The minimum Gasteiger partial charge on any atom is -0.359 e. The summed E-state index contributed by atoms with van der Waals surface area (Å²) in [7, 11) is 0. The van der Waals surface area contributed by atoms with Gasteiger partial charge in [0, 0.05) is 10.5 Å². The molecule has 0 aliphatic heterocycles. The van der Waals surface area contributed by atoms with Crippen LogP contribution in [0.3, 0.4) is 0 Å². The number of hydrogen-bond acceptors (Lipinski definition) is 2. The molecule has 0 bridgehead atoms. The van der Waals surface area contributed by atoms with Crippen LogP contribution < -0.4 is 4.90 Å². The zero-order valence-corrected chi connectivity index (χ0v) is 11.5. The lowest BCUT2D eigenvalue weighted by Crippen LogP contribution is -2.39. The van der Waals surface area contributed by atoms with Crippen LogP contribution >= 0.6 is 15.9 Å². The van der Waals surface area contributed by atoms with E-state index < -0.39 is 12.7 Å². The Hall–Kier alpha value is -1.22. The van der Waals surface area contributed by atoms with E-state index in [1.54, 1.807) is 19.9 Å². The molecule has 0 amide bonds. The Morgan fingerprint density at radius 1 is 1.39 bits per heavy atom. The van der Waals surface area contributed by atoms with Crippen molar-refractivity contribution in [2.45, 2.75) is 26.1 Å². The predicted molar refractivity (Wildman–Crippen MR) is 67.4 cm³/mol. The average Bonchev–Trinajstić information content (AvgIpc) is 2.24. The first-order chi connectivity index (χ1) is 8.24. The Morgan fingerprint density at radius 3 is 2.44 bits per heavy atom. The molecule has 6 heteroatoms. The Balaban J connectivity index is 3.19.